The molecule has 0 aromatic carbocycles. The number of ketones is 1. The Balaban J connectivity index is 2.46. The van der Waals surface area contributed by atoms with E-state index in [0.29, 0.717) is 17.3 Å². The minimum absolute atomic E-state index is 0.0458. The predicted molar refractivity (Wildman–Crippen MR) is 70.1 cm³/mol. The van der Waals surface area contributed by atoms with Crippen molar-refractivity contribution in [3.8, 4) is 0 Å². The lowest BCUT2D eigenvalue weighted by Crippen LogP contribution is -2.09. The van der Waals surface area contributed by atoms with Crippen LogP contribution in [-0.2, 0) is 6.54 Å². The zero-order chi connectivity index (χ0) is 12.6. The van der Waals surface area contributed by atoms with E-state index < -0.39 is 0 Å². The molecule has 3 nitrogen and oxygen atoms in total. The van der Waals surface area contributed by atoms with Crippen LogP contribution in [0.1, 0.15) is 32.7 Å². The van der Waals surface area contributed by atoms with Crippen LogP contribution in [0.25, 0.3) is 0 Å². The van der Waals surface area contributed by atoms with Crippen molar-refractivity contribution in [3.05, 3.63) is 38.3 Å². The van der Waals surface area contributed by atoms with Crippen LogP contribution >= 0.6 is 22.9 Å². The van der Waals surface area contributed by atoms with Gasteiger partial charge in [-0.15, -0.1) is 11.3 Å². The maximum absolute atomic E-state index is 12.3. The molecule has 2 aromatic heterocycles. The van der Waals surface area contributed by atoms with Crippen molar-refractivity contribution in [2.45, 2.75) is 27.3 Å². The van der Waals surface area contributed by atoms with Crippen LogP contribution in [0, 0.1) is 13.8 Å². The molecular formula is C12H13ClN2OS. The van der Waals surface area contributed by atoms with Gasteiger partial charge in [0.15, 0.2) is 0 Å². The Labute approximate surface area is 109 Å². The largest absolute Gasteiger partial charge is 0.286 e. The Morgan fingerprint density at radius 2 is 2.24 bits per heavy atom. The Bertz CT molecular complexity index is 552. The maximum atomic E-state index is 12.3. The van der Waals surface area contributed by atoms with Crippen molar-refractivity contribution in [2.24, 2.45) is 0 Å². The second kappa shape index (κ2) is 4.63. The van der Waals surface area contributed by atoms with Crippen LogP contribution in [0.2, 0.25) is 5.02 Å². The van der Waals surface area contributed by atoms with Crippen molar-refractivity contribution in [1.82, 2.24) is 9.78 Å². The first kappa shape index (κ1) is 12.3. The number of carbonyl (C=O) groups is 1. The van der Waals surface area contributed by atoms with Gasteiger partial charge in [-0.25, -0.2) is 0 Å². The van der Waals surface area contributed by atoms with Gasteiger partial charge in [-0.1, -0.05) is 11.6 Å². The number of hydrogen-bond acceptors (Lipinski definition) is 3. The molecule has 0 spiro atoms. The zero-order valence-electron chi connectivity index (χ0n) is 9.95. The summed E-state index contributed by atoms with van der Waals surface area (Å²) in [5.41, 5.74) is 1.62. The summed E-state index contributed by atoms with van der Waals surface area (Å²) >= 11 is 7.51. The topological polar surface area (TPSA) is 34.9 Å². The third-order valence-corrected chi connectivity index (χ3v) is 4.13. The van der Waals surface area contributed by atoms with Gasteiger partial charge in [-0.05, 0) is 32.4 Å². The molecular weight excluding hydrogens is 256 g/mol. The van der Waals surface area contributed by atoms with E-state index in [-0.39, 0.29) is 5.78 Å². The van der Waals surface area contributed by atoms with Crippen molar-refractivity contribution < 1.29 is 4.79 Å². The maximum Gasteiger partial charge on any atom is 0.222 e. The Kier molecular flexibility index (Phi) is 3.35. The normalized spacial score (nSPS) is 10.8. The van der Waals surface area contributed by atoms with Crippen LogP contribution in [0.5, 0.6) is 0 Å². The second-order valence-corrected chi connectivity index (χ2v) is 5.50. The number of aromatic nitrogens is 2. The standard InChI is InChI=1S/C12H13ClN2OS/c1-4-15-11(9(13)6-14-15)12(16)10-5-7(2)8(3)17-10/h5-6H,4H2,1-3H3. The molecule has 0 atom stereocenters. The summed E-state index contributed by atoms with van der Waals surface area (Å²) in [4.78, 5) is 14.2. The average Bonchev–Trinajstić information content (AvgIpc) is 2.82. The first-order valence-electron chi connectivity index (χ1n) is 5.37. The van der Waals surface area contributed by atoms with Gasteiger partial charge in [0.05, 0.1) is 16.1 Å². The highest BCUT2D eigenvalue weighted by atomic mass is 35.5. The van der Waals surface area contributed by atoms with E-state index in [1.165, 1.54) is 17.5 Å². The number of nitrogens with zero attached hydrogens (tertiary/aromatic N) is 2. The molecule has 0 amide bonds. The van der Waals surface area contributed by atoms with Gasteiger partial charge in [-0.3, -0.25) is 9.48 Å². The lowest BCUT2D eigenvalue weighted by Gasteiger charge is -2.02. The van der Waals surface area contributed by atoms with Crippen LogP contribution < -0.4 is 0 Å². The number of carbonyl (C=O) groups excluding carboxylic acids is 1. The first-order chi connectivity index (χ1) is 8.04. The monoisotopic (exact) mass is 268 g/mol. The SMILES string of the molecule is CCn1ncc(Cl)c1C(=O)c1cc(C)c(C)s1. The Hall–Kier alpha value is -1.13. The van der Waals surface area contributed by atoms with Crippen LogP contribution in [-0.4, -0.2) is 15.6 Å². The van der Waals surface area contributed by atoms with Crippen molar-refractivity contribution in [1.29, 1.82) is 0 Å². The summed E-state index contributed by atoms with van der Waals surface area (Å²) in [6, 6.07) is 1.91. The Morgan fingerprint density at radius 1 is 1.53 bits per heavy atom. The number of rotatable bonds is 3. The molecule has 90 valence electrons. The van der Waals surface area contributed by atoms with Crippen molar-refractivity contribution in [3.63, 3.8) is 0 Å². The summed E-state index contributed by atoms with van der Waals surface area (Å²) in [7, 11) is 0. The molecule has 0 aliphatic rings. The van der Waals surface area contributed by atoms with E-state index in [1.807, 2.05) is 26.8 Å². The molecule has 0 fully saturated rings. The summed E-state index contributed by atoms with van der Waals surface area (Å²) in [6.45, 7) is 6.58. The fraction of sp³-hybridized carbons (Fsp3) is 0.333. The van der Waals surface area contributed by atoms with Gasteiger partial charge in [0.1, 0.15) is 5.69 Å². The molecule has 0 aliphatic carbocycles. The molecule has 0 aliphatic heterocycles. The van der Waals surface area contributed by atoms with E-state index in [0.717, 1.165) is 15.3 Å². The van der Waals surface area contributed by atoms with Crippen LogP contribution in [0.3, 0.4) is 0 Å². The summed E-state index contributed by atoms with van der Waals surface area (Å²) in [6.07, 6.45) is 1.52. The summed E-state index contributed by atoms with van der Waals surface area (Å²) < 4.78 is 1.63. The van der Waals surface area contributed by atoms with Gasteiger partial charge >= 0.3 is 0 Å². The summed E-state index contributed by atoms with van der Waals surface area (Å²) in [5.74, 6) is -0.0458. The van der Waals surface area contributed by atoms with Gasteiger partial charge in [0.2, 0.25) is 5.78 Å². The van der Waals surface area contributed by atoms with Gasteiger partial charge in [0.25, 0.3) is 0 Å². The average molecular weight is 269 g/mol. The molecule has 0 radical (unpaired) electrons. The van der Waals surface area contributed by atoms with E-state index in [1.54, 1.807) is 4.68 Å². The molecule has 5 heteroatoms. The minimum atomic E-state index is -0.0458. The molecule has 17 heavy (non-hydrogen) atoms. The fourth-order valence-corrected chi connectivity index (χ4v) is 2.83. The number of thiophene rings is 1. The molecule has 0 bridgehead atoms. The highest BCUT2D eigenvalue weighted by Crippen LogP contribution is 2.26. The van der Waals surface area contributed by atoms with Gasteiger partial charge < -0.3 is 0 Å². The zero-order valence-corrected chi connectivity index (χ0v) is 11.5. The molecule has 0 saturated heterocycles. The number of halogens is 1. The molecule has 2 aromatic rings. The molecule has 0 N–H and O–H groups in total. The fourth-order valence-electron chi connectivity index (χ4n) is 1.63. The summed E-state index contributed by atoms with van der Waals surface area (Å²) in [5, 5.41) is 4.50. The van der Waals surface area contributed by atoms with E-state index in [4.69, 9.17) is 11.6 Å². The second-order valence-electron chi connectivity index (χ2n) is 3.84. The van der Waals surface area contributed by atoms with E-state index in [9.17, 15) is 4.79 Å². The molecule has 0 unspecified atom stereocenters. The van der Waals surface area contributed by atoms with Gasteiger partial charge in [-0.2, -0.15) is 5.10 Å². The number of hydrogen-bond donors (Lipinski definition) is 0. The molecule has 2 heterocycles. The quantitative estimate of drug-likeness (QED) is 0.799. The van der Waals surface area contributed by atoms with Crippen molar-refractivity contribution in [2.75, 3.05) is 0 Å². The third kappa shape index (κ3) is 2.15. The van der Waals surface area contributed by atoms with Gasteiger partial charge in [0, 0.05) is 11.4 Å². The van der Waals surface area contributed by atoms with E-state index in [2.05, 4.69) is 5.10 Å². The van der Waals surface area contributed by atoms with Crippen LogP contribution in [0.15, 0.2) is 12.3 Å². The first-order valence-corrected chi connectivity index (χ1v) is 6.57. The number of aryl methyl sites for hydroxylation is 3. The van der Waals surface area contributed by atoms with Crippen LogP contribution in [0.4, 0.5) is 0 Å². The third-order valence-electron chi connectivity index (χ3n) is 2.70. The molecule has 2 rings (SSSR count). The highest BCUT2D eigenvalue weighted by molar-refractivity contribution is 7.14. The van der Waals surface area contributed by atoms with Crippen molar-refractivity contribution >= 4 is 28.7 Å². The predicted octanol–water partition coefficient (Wildman–Crippen LogP) is 3.47. The molecule has 0 saturated carbocycles. The highest BCUT2D eigenvalue weighted by Gasteiger charge is 2.20. The smallest absolute Gasteiger partial charge is 0.222 e. The van der Waals surface area contributed by atoms with E-state index >= 15 is 0 Å². The minimum Gasteiger partial charge on any atom is -0.286 e. The lowest BCUT2D eigenvalue weighted by molar-refractivity contribution is 0.103. The lowest BCUT2D eigenvalue weighted by atomic mass is 10.2. The Morgan fingerprint density at radius 3 is 2.76 bits per heavy atom.